The summed E-state index contributed by atoms with van der Waals surface area (Å²) in [5, 5.41) is 8.51. The van der Waals surface area contributed by atoms with Gasteiger partial charge in [0.1, 0.15) is 5.75 Å². The predicted molar refractivity (Wildman–Crippen MR) is 145 cm³/mol. The number of nitrogens with zero attached hydrogens (tertiary/aromatic N) is 3. The van der Waals surface area contributed by atoms with Gasteiger partial charge >= 0.3 is 0 Å². The molecule has 4 aromatic rings. The third-order valence-electron chi connectivity index (χ3n) is 6.28. The number of ether oxygens (including phenoxy) is 1. The molecule has 0 fully saturated rings. The van der Waals surface area contributed by atoms with Gasteiger partial charge in [-0.25, -0.2) is 0 Å². The first-order chi connectivity index (χ1) is 17.6. The maximum absolute atomic E-state index is 5.84. The maximum Gasteiger partial charge on any atom is 0.258 e. The topological polar surface area (TPSA) is 63.4 Å². The second-order valence-corrected chi connectivity index (χ2v) is 8.95. The van der Waals surface area contributed by atoms with E-state index in [4.69, 9.17) is 26.5 Å². The maximum atomic E-state index is 5.84. The number of hydrogen-bond acceptors (Lipinski definition) is 5. The zero-order valence-corrected chi connectivity index (χ0v) is 21.2. The normalized spacial score (nSPS) is 15.7. The van der Waals surface area contributed by atoms with E-state index in [1.165, 1.54) is 5.56 Å². The third-order valence-corrected chi connectivity index (χ3v) is 6.61. The molecule has 0 saturated carbocycles. The zero-order valence-electron chi connectivity index (χ0n) is 20.3. The van der Waals surface area contributed by atoms with E-state index in [-0.39, 0.29) is 6.04 Å². The van der Waals surface area contributed by atoms with Crippen molar-refractivity contribution in [3.8, 4) is 17.1 Å². The van der Waals surface area contributed by atoms with Crippen LogP contribution in [-0.2, 0) is 6.42 Å². The fourth-order valence-electron chi connectivity index (χ4n) is 4.43. The SMILES string of the molecule is CCOc1ccc(-c2noc(C3=C(C)N(CCc4ccccc4)C(=S)NC3c3ccccc3)n2)cc1. The summed E-state index contributed by atoms with van der Waals surface area (Å²) >= 11 is 5.82. The first-order valence-corrected chi connectivity index (χ1v) is 12.5. The van der Waals surface area contributed by atoms with Crippen molar-refractivity contribution in [3.63, 3.8) is 0 Å². The molecule has 5 rings (SSSR count). The van der Waals surface area contributed by atoms with Crippen LogP contribution in [0.15, 0.2) is 95.1 Å². The largest absolute Gasteiger partial charge is 0.494 e. The monoisotopic (exact) mass is 496 g/mol. The highest BCUT2D eigenvalue weighted by Crippen LogP contribution is 2.37. The van der Waals surface area contributed by atoms with Crippen LogP contribution in [0, 0.1) is 0 Å². The Labute approximate surface area is 216 Å². The molecular weight excluding hydrogens is 468 g/mol. The Balaban J connectivity index is 1.50. The zero-order chi connectivity index (χ0) is 24.9. The summed E-state index contributed by atoms with van der Waals surface area (Å²) < 4.78 is 11.4. The van der Waals surface area contributed by atoms with Gasteiger partial charge in [-0.2, -0.15) is 4.98 Å². The lowest BCUT2D eigenvalue weighted by Crippen LogP contribution is -2.46. The van der Waals surface area contributed by atoms with Gasteiger partial charge in [0.2, 0.25) is 5.82 Å². The third kappa shape index (κ3) is 5.02. The van der Waals surface area contributed by atoms with Crippen molar-refractivity contribution < 1.29 is 9.26 Å². The molecule has 0 aliphatic carbocycles. The van der Waals surface area contributed by atoms with E-state index in [9.17, 15) is 0 Å². The average molecular weight is 497 g/mol. The van der Waals surface area contributed by atoms with Crippen LogP contribution >= 0.6 is 12.2 Å². The van der Waals surface area contributed by atoms with Gasteiger partial charge < -0.3 is 19.5 Å². The van der Waals surface area contributed by atoms with Crippen LogP contribution in [0.1, 0.15) is 36.9 Å². The fourth-order valence-corrected chi connectivity index (χ4v) is 4.77. The van der Waals surface area contributed by atoms with Crippen LogP contribution in [0.2, 0.25) is 0 Å². The Morgan fingerprint density at radius 2 is 1.67 bits per heavy atom. The van der Waals surface area contributed by atoms with Crippen molar-refractivity contribution in [2.75, 3.05) is 13.2 Å². The summed E-state index contributed by atoms with van der Waals surface area (Å²) in [6, 6.07) is 28.1. The molecule has 182 valence electrons. The second kappa shape index (κ2) is 10.7. The molecule has 7 heteroatoms. The first kappa shape index (κ1) is 23.8. The van der Waals surface area contributed by atoms with Gasteiger partial charge in [-0.3, -0.25) is 0 Å². The van der Waals surface area contributed by atoms with E-state index in [2.05, 4.69) is 58.7 Å². The summed E-state index contributed by atoms with van der Waals surface area (Å²) in [6.07, 6.45) is 0.866. The highest BCUT2D eigenvalue weighted by Gasteiger charge is 2.33. The Bertz CT molecular complexity index is 1350. The van der Waals surface area contributed by atoms with Crippen LogP contribution in [0.5, 0.6) is 5.75 Å². The van der Waals surface area contributed by atoms with Crippen LogP contribution in [0.3, 0.4) is 0 Å². The quantitative estimate of drug-likeness (QED) is 0.298. The molecule has 0 radical (unpaired) electrons. The molecule has 3 aromatic carbocycles. The van der Waals surface area contributed by atoms with Crippen LogP contribution in [-0.4, -0.2) is 33.3 Å². The van der Waals surface area contributed by atoms with Gasteiger partial charge in [0.15, 0.2) is 5.11 Å². The number of hydrogen-bond donors (Lipinski definition) is 1. The molecule has 0 saturated heterocycles. The number of thiocarbonyl (C=S) groups is 1. The van der Waals surface area contributed by atoms with Gasteiger partial charge in [0, 0.05) is 17.8 Å². The van der Waals surface area contributed by atoms with Crippen LogP contribution in [0.25, 0.3) is 17.0 Å². The molecule has 1 N–H and O–H groups in total. The van der Waals surface area contributed by atoms with E-state index in [0.29, 0.717) is 23.4 Å². The van der Waals surface area contributed by atoms with Crippen LogP contribution < -0.4 is 10.1 Å². The summed E-state index contributed by atoms with van der Waals surface area (Å²) in [6.45, 7) is 5.40. The molecular formula is C29H28N4O2S. The van der Waals surface area contributed by atoms with E-state index in [0.717, 1.165) is 41.1 Å². The molecule has 2 heterocycles. The number of rotatable bonds is 8. The minimum atomic E-state index is -0.194. The molecule has 1 atom stereocenters. The Kier molecular flexibility index (Phi) is 7.09. The number of aromatic nitrogens is 2. The van der Waals surface area contributed by atoms with E-state index < -0.39 is 0 Å². The average Bonchev–Trinajstić information content (AvgIpc) is 3.40. The van der Waals surface area contributed by atoms with Crippen LogP contribution in [0.4, 0.5) is 0 Å². The summed E-state index contributed by atoms with van der Waals surface area (Å²) in [7, 11) is 0. The Morgan fingerprint density at radius 1 is 0.972 bits per heavy atom. The van der Waals surface area contributed by atoms with Crippen molar-refractivity contribution in [1.82, 2.24) is 20.4 Å². The molecule has 1 aliphatic heterocycles. The lowest BCUT2D eigenvalue weighted by atomic mass is 9.94. The van der Waals surface area contributed by atoms with Gasteiger partial charge in [-0.05, 0) is 67.9 Å². The molecule has 1 aromatic heterocycles. The summed E-state index contributed by atoms with van der Waals surface area (Å²) in [5.41, 5.74) is 5.13. The molecule has 36 heavy (non-hydrogen) atoms. The van der Waals surface area contributed by atoms with Gasteiger partial charge in [0.25, 0.3) is 5.89 Å². The standard InChI is InChI=1S/C29H28N4O2S/c1-3-34-24-16-14-23(15-17-24)27-31-28(35-32-27)25-20(2)33(19-18-21-10-6-4-7-11-21)29(36)30-26(25)22-12-8-5-9-13-22/h4-17,26H,3,18-19H2,1-2H3,(H,30,36). The first-order valence-electron chi connectivity index (χ1n) is 12.1. The van der Waals surface area contributed by atoms with Gasteiger partial charge in [-0.1, -0.05) is 65.8 Å². The molecule has 0 spiro atoms. The van der Waals surface area contributed by atoms with E-state index in [1.54, 1.807) is 0 Å². The van der Waals surface area contributed by atoms with Crippen molar-refractivity contribution in [2.45, 2.75) is 26.3 Å². The molecule has 0 bridgehead atoms. The second-order valence-electron chi connectivity index (χ2n) is 8.56. The van der Waals surface area contributed by atoms with Crippen molar-refractivity contribution in [3.05, 3.63) is 108 Å². The molecule has 0 amide bonds. The van der Waals surface area contributed by atoms with Crippen molar-refractivity contribution in [1.29, 1.82) is 0 Å². The smallest absolute Gasteiger partial charge is 0.258 e. The van der Waals surface area contributed by atoms with Gasteiger partial charge in [0.05, 0.1) is 18.2 Å². The summed E-state index contributed by atoms with van der Waals surface area (Å²) in [5.74, 6) is 1.82. The predicted octanol–water partition coefficient (Wildman–Crippen LogP) is 6.04. The fraction of sp³-hybridized carbons (Fsp3) is 0.207. The molecule has 6 nitrogen and oxygen atoms in total. The lowest BCUT2D eigenvalue weighted by molar-refractivity contribution is 0.340. The van der Waals surface area contributed by atoms with Gasteiger partial charge in [-0.15, -0.1) is 0 Å². The minimum Gasteiger partial charge on any atom is -0.494 e. The highest BCUT2D eigenvalue weighted by atomic mass is 32.1. The van der Waals surface area contributed by atoms with E-state index >= 15 is 0 Å². The lowest BCUT2D eigenvalue weighted by Gasteiger charge is -2.37. The molecule has 1 aliphatic rings. The molecule has 1 unspecified atom stereocenters. The number of benzene rings is 3. The Hall–Kier alpha value is -3.97. The van der Waals surface area contributed by atoms with Crippen molar-refractivity contribution in [2.24, 2.45) is 0 Å². The highest BCUT2D eigenvalue weighted by molar-refractivity contribution is 7.80. The number of allylic oxidation sites excluding steroid dienone is 1. The van der Waals surface area contributed by atoms with E-state index in [1.807, 2.05) is 55.5 Å². The minimum absolute atomic E-state index is 0.194. The summed E-state index contributed by atoms with van der Waals surface area (Å²) in [4.78, 5) is 6.92. The number of nitrogens with one attached hydrogen (secondary N) is 1. The van der Waals surface area contributed by atoms with Crippen molar-refractivity contribution >= 4 is 22.9 Å². The Morgan fingerprint density at radius 3 is 2.36 bits per heavy atom.